The Morgan fingerprint density at radius 2 is 2.11 bits per heavy atom. The molecule has 4 rings (SSSR count). The minimum Gasteiger partial charge on any atom is -0.348 e. The van der Waals surface area contributed by atoms with Gasteiger partial charge in [0.25, 0.3) is 5.91 Å². The summed E-state index contributed by atoms with van der Waals surface area (Å²) in [7, 11) is 0. The van der Waals surface area contributed by atoms with Crippen LogP contribution < -0.4 is 11.0 Å². The number of hydrogen-bond donors (Lipinski definition) is 1. The smallest absolute Gasteiger partial charge is 0.345 e. The van der Waals surface area contributed by atoms with Crippen molar-refractivity contribution in [2.45, 2.75) is 51.7 Å². The molecule has 1 aliphatic rings. The topological polar surface area (TPSA) is 81.8 Å². The number of nitrogens with one attached hydrogen (secondary N) is 1. The zero-order chi connectivity index (χ0) is 19.5. The van der Waals surface area contributed by atoms with E-state index in [9.17, 15) is 9.59 Å². The fourth-order valence-electron chi connectivity index (χ4n) is 3.48. The number of thiazole rings is 1. The third-order valence-electron chi connectivity index (χ3n) is 4.95. The Balaban J connectivity index is 1.41. The van der Waals surface area contributed by atoms with E-state index in [1.165, 1.54) is 11.3 Å². The van der Waals surface area contributed by atoms with Gasteiger partial charge in [-0.3, -0.25) is 9.36 Å². The number of carbonyl (C=O) groups is 1. The van der Waals surface area contributed by atoms with Gasteiger partial charge < -0.3 is 5.32 Å². The number of nitrogens with zero attached hydrogens (tertiary/aromatic N) is 4. The molecule has 1 aliphatic heterocycles. The summed E-state index contributed by atoms with van der Waals surface area (Å²) >= 11 is 1.47. The molecule has 1 unspecified atom stereocenters. The molecule has 28 heavy (non-hydrogen) atoms. The summed E-state index contributed by atoms with van der Waals surface area (Å²) in [6.07, 6.45) is 3.05. The zero-order valence-corrected chi connectivity index (χ0v) is 16.6. The number of aryl methyl sites for hydroxylation is 2. The van der Waals surface area contributed by atoms with Crippen LogP contribution in [0.15, 0.2) is 40.5 Å². The molecule has 0 aliphatic carbocycles. The van der Waals surface area contributed by atoms with E-state index in [0.717, 1.165) is 29.2 Å². The number of carbonyl (C=O) groups excluding carboxylic acids is 1. The van der Waals surface area contributed by atoms with Crippen LogP contribution in [0.2, 0.25) is 0 Å². The highest BCUT2D eigenvalue weighted by Gasteiger charge is 2.23. The highest BCUT2D eigenvalue weighted by atomic mass is 32.1. The maximum absolute atomic E-state index is 12.6. The second-order valence-electron chi connectivity index (χ2n) is 6.98. The molecular formula is C20H23N5O2S. The maximum Gasteiger partial charge on any atom is 0.345 e. The van der Waals surface area contributed by atoms with Crippen molar-refractivity contribution in [2.75, 3.05) is 0 Å². The van der Waals surface area contributed by atoms with Crippen molar-refractivity contribution >= 4 is 17.2 Å². The van der Waals surface area contributed by atoms with Gasteiger partial charge in [-0.05, 0) is 19.3 Å². The van der Waals surface area contributed by atoms with Crippen LogP contribution in [0.3, 0.4) is 0 Å². The number of fused-ring (bicyclic) bond motifs is 1. The largest absolute Gasteiger partial charge is 0.348 e. The van der Waals surface area contributed by atoms with E-state index in [2.05, 4.69) is 15.4 Å². The van der Waals surface area contributed by atoms with E-state index in [1.807, 2.05) is 37.3 Å². The van der Waals surface area contributed by atoms with Crippen molar-refractivity contribution in [2.24, 2.45) is 0 Å². The van der Waals surface area contributed by atoms with Gasteiger partial charge in [-0.25, -0.2) is 14.5 Å². The van der Waals surface area contributed by atoms with E-state index < -0.39 is 0 Å². The SMILES string of the molecule is CCCn1nc2n(c1=O)CCC(NC(=O)c1csc(-c3ccccc3)n1)CC2. The lowest BCUT2D eigenvalue weighted by Gasteiger charge is -2.15. The normalized spacial score (nSPS) is 16.4. The average Bonchev–Trinajstić information content (AvgIpc) is 3.26. The fraction of sp³-hybridized carbons (Fsp3) is 0.400. The first-order valence-electron chi connectivity index (χ1n) is 9.64. The zero-order valence-electron chi connectivity index (χ0n) is 15.8. The molecule has 0 saturated carbocycles. The first kappa shape index (κ1) is 18.6. The van der Waals surface area contributed by atoms with Crippen LogP contribution in [-0.4, -0.2) is 31.3 Å². The van der Waals surface area contributed by atoms with Gasteiger partial charge in [0.2, 0.25) is 0 Å². The van der Waals surface area contributed by atoms with Gasteiger partial charge in [0.1, 0.15) is 16.5 Å². The van der Waals surface area contributed by atoms with Gasteiger partial charge in [-0.1, -0.05) is 37.3 Å². The molecule has 0 radical (unpaired) electrons. The summed E-state index contributed by atoms with van der Waals surface area (Å²) in [5.74, 6) is 0.654. The summed E-state index contributed by atoms with van der Waals surface area (Å²) in [4.78, 5) is 29.5. The standard InChI is InChI=1S/C20H23N5O2S/c1-2-11-25-20(27)24-12-10-15(8-9-17(24)23-25)21-18(26)16-13-28-19(22-16)14-6-4-3-5-7-14/h3-7,13,15H,2,8-12H2,1H3,(H,21,26). The number of benzene rings is 1. The summed E-state index contributed by atoms with van der Waals surface area (Å²) in [5, 5.41) is 10.2. The Labute approximate surface area is 167 Å². The fourth-order valence-corrected chi connectivity index (χ4v) is 4.29. The molecule has 0 bridgehead atoms. The number of hydrogen-bond acceptors (Lipinski definition) is 5. The molecular weight excluding hydrogens is 374 g/mol. The molecule has 7 nitrogen and oxygen atoms in total. The van der Waals surface area contributed by atoms with Crippen LogP contribution in [-0.2, 0) is 19.5 Å². The van der Waals surface area contributed by atoms with E-state index in [4.69, 9.17) is 0 Å². The number of amides is 1. The molecule has 1 amide bonds. The molecule has 3 aromatic rings. The minimum absolute atomic E-state index is 0.00935. The van der Waals surface area contributed by atoms with Crippen molar-refractivity contribution in [3.8, 4) is 10.6 Å². The number of rotatable bonds is 5. The van der Waals surface area contributed by atoms with Crippen LogP contribution >= 0.6 is 11.3 Å². The molecule has 0 fully saturated rings. The van der Waals surface area contributed by atoms with Gasteiger partial charge in [0.15, 0.2) is 0 Å². The third-order valence-corrected chi connectivity index (χ3v) is 5.84. The minimum atomic E-state index is -0.161. The van der Waals surface area contributed by atoms with Crippen LogP contribution in [0.4, 0.5) is 0 Å². The van der Waals surface area contributed by atoms with Gasteiger partial charge in [0, 0.05) is 36.5 Å². The van der Waals surface area contributed by atoms with Crippen molar-refractivity contribution in [1.82, 2.24) is 24.6 Å². The Hall–Kier alpha value is -2.74. The summed E-state index contributed by atoms with van der Waals surface area (Å²) < 4.78 is 3.30. The maximum atomic E-state index is 12.6. The second kappa shape index (κ2) is 8.10. The van der Waals surface area contributed by atoms with Crippen molar-refractivity contribution < 1.29 is 4.79 Å². The Morgan fingerprint density at radius 1 is 1.29 bits per heavy atom. The van der Waals surface area contributed by atoms with Gasteiger partial charge >= 0.3 is 5.69 Å². The lowest BCUT2D eigenvalue weighted by molar-refractivity contribution is 0.0928. The van der Waals surface area contributed by atoms with Crippen molar-refractivity contribution in [3.63, 3.8) is 0 Å². The molecule has 1 aromatic carbocycles. The Morgan fingerprint density at radius 3 is 2.89 bits per heavy atom. The molecule has 0 spiro atoms. The molecule has 3 heterocycles. The summed E-state index contributed by atoms with van der Waals surface area (Å²) in [5.41, 5.74) is 1.40. The van der Waals surface area contributed by atoms with Crippen LogP contribution in [0.25, 0.3) is 10.6 Å². The molecule has 2 aromatic heterocycles. The van der Waals surface area contributed by atoms with E-state index in [-0.39, 0.29) is 17.6 Å². The lowest BCUT2D eigenvalue weighted by atomic mass is 10.1. The second-order valence-corrected chi connectivity index (χ2v) is 7.83. The first-order chi connectivity index (χ1) is 13.7. The van der Waals surface area contributed by atoms with Gasteiger partial charge in [-0.15, -0.1) is 11.3 Å². The lowest BCUT2D eigenvalue weighted by Crippen LogP contribution is -2.36. The monoisotopic (exact) mass is 397 g/mol. The highest BCUT2D eigenvalue weighted by molar-refractivity contribution is 7.13. The predicted molar refractivity (Wildman–Crippen MR) is 109 cm³/mol. The molecule has 8 heteroatoms. The quantitative estimate of drug-likeness (QED) is 0.718. The summed E-state index contributed by atoms with van der Waals surface area (Å²) in [6.45, 7) is 3.26. The van der Waals surface area contributed by atoms with E-state index >= 15 is 0 Å². The summed E-state index contributed by atoms with van der Waals surface area (Å²) in [6, 6.07) is 9.85. The molecule has 0 saturated heterocycles. The highest BCUT2D eigenvalue weighted by Crippen LogP contribution is 2.23. The van der Waals surface area contributed by atoms with E-state index in [1.54, 1.807) is 14.6 Å². The molecule has 146 valence electrons. The first-order valence-corrected chi connectivity index (χ1v) is 10.5. The average molecular weight is 398 g/mol. The van der Waals surface area contributed by atoms with Crippen LogP contribution in [0.5, 0.6) is 0 Å². The van der Waals surface area contributed by atoms with E-state index in [0.29, 0.717) is 31.6 Å². The van der Waals surface area contributed by atoms with Crippen LogP contribution in [0.1, 0.15) is 42.5 Å². The number of aromatic nitrogens is 4. The van der Waals surface area contributed by atoms with Gasteiger partial charge in [-0.2, -0.15) is 5.10 Å². The molecule has 1 atom stereocenters. The van der Waals surface area contributed by atoms with Crippen molar-refractivity contribution in [3.05, 3.63) is 57.7 Å². The Bertz CT molecular complexity index is 1020. The van der Waals surface area contributed by atoms with Crippen LogP contribution in [0, 0.1) is 0 Å². The predicted octanol–water partition coefficient (Wildman–Crippen LogP) is 2.71. The van der Waals surface area contributed by atoms with Crippen molar-refractivity contribution in [1.29, 1.82) is 0 Å². The molecule has 1 N–H and O–H groups in total. The van der Waals surface area contributed by atoms with Gasteiger partial charge in [0.05, 0.1) is 0 Å². The third kappa shape index (κ3) is 3.77. The Kier molecular flexibility index (Phi) is 5.38.